The van der Waals surface area contributed by atoms with Crippen LogP contribution in [0, 0.1) is 0 Å². The molecule has 0 radical (unpaired) electrons. The van der Waals surface area contributed by atoms with Crippen LogP contribution in [0.3, 0.4) is 0 Å². The Labute approximate surface area is 414 Å². The van der Waals surface area contributed by atoms with E-state index in [0.717, 1.165) is 93.5 Å². The fourth-order valence-electron chi connectivity index (χ4n) is 13.7. The predicted octanol–water partition coefficient (Wildman–Crippen LogP) is 16.5. The summed E-state index contributed by atoms with van der Waals surface area (Å²) >= 11 is 0. The van der Waals surface area contributed by atoms with Crippen LogP contribution in [0.4, 0.5) is 0 Å². The van der Waals surface area contributed by atoms with E-state index in [4.69, 9.17) is 17.7 Å². The number of rotatable bonds is 2. The second kappa shape index (κ2) is 13.3. The van der Waals surface area contributed by atoms with Gasteiger partial charge in [-0.25, -0.2) is 0 Å². The third kappa shape index (κ3) is 4.77. The lowest BCUT2D eigenvalue weighted by Crippen LogP contribution is -2.51. The fourth-order valence-corrected chi connectivity index (χ4v) is 19.8. The van der Waals surface area contributed by atoms with Gasteiger partial charge in [0.15, 0.2) is 0 Å². The summed E-state index contributed by atoms with van der Waals surface area (Å²) in [5.41, 5.74) is 17.2. The lowest BCUT2D eigenvalue weighted by molar-refractivity contribution is 0.668. The van der Waals surface area contributed by atoms with Gasteiger partial charge in [-0.15, -0.1) is 0 Å². The zero-order chi connectivity index (χ0) is 47.5. The van der Waals surface area contributed by atoms with Crippen LogP contribution in [0.15, 0.2) is 200 Å². The number of hydrogen-bond donors (Lipinski definition) is 0. The molecule has 6 heteroatoms. The Morgan fingerprint density at radius 1 is 0.250 bits per heavy atom. The molecule has 4 aromatic heterocycles. The molecule has 6 heterocycles. The first-order valence-corrected chi connectivity index (χ1v) is 31.1. The van der Waals surface area contributed by atoms with Crippen molar-refractivity contribution in [3.8, 4) is 44.5 Å². The van der Waals surface area contributed by atoms with Crippen LogP contribution in [0.2, 0.25) is 26.2 Å². The Balaban J connectivity index is 0.938. The molecule has 0 spiro atoms. The molecule has 72 heavy (non-hydrogen) atoms. The van der Waals surface area contributed by atoms with Crippen molar-refractivity contribution in [1.29, 1.82) is 0 Å². The highest BCUT2D eigenvalue weighted by Gasteiger charge is 2.46. The Morgan fingerprint density at radius 2 is 0.611 bits per heavy atom. The molecule has 0 saturated heterocycles. The van der Waals surface area contributed by atoms with E-state index in [1.54, 1.807) is 0 Å². The SMILES string of the molecule is C[Si]1(C)c2cc3c(cc2-c2c1cc(-c1cc4oc5ccccc5c4c4ccccc14)c1c2oc2ccccc21)[Si](C)(C)c1cc(-c2cc4oc5ccccc5c4c4ccccc24)c2oc4ccccc4c2c1-3. The van der Waals surface area contributed by atoms with Crippen molar-refractivity contribution in [1.82, 2.24) is 0 Å². The fraction of sp³-hybridized carbons (Fsp3) is 0.0606. The van der Waals surface area contributed by atoms with Gasteiger partial charge in [-0.2, -0.15) is 0 Å². The van der Waals surface area contributed by atoms with E-state index in [-0.39, 0.29) is 0 Å². The smallest absolute Gasteiger partial charge is 0.143 e. The van der Waals surface area contributed by atoms with Gasteiger partial charge in [0.05, 0.1) is 0 Å². The molecule has 0 saturated carbocycles. The van der Waals surface area contributed by atoms with Gasteiger partial charge < -0.3 is 17.7 Å². The number of furan rings is 4. The molecule has 17 rings (SSSR count). The molecule has 0 atom stereocenters. The molecule has 2 aliphatic rings. The molecule has 338 valence electrons. The molecular formula is C66H42O4Si2. The van der Waals surface area contributed by atoms with Gasteiger partial charge >= 0.3 is 0 Å². The second-order valence-corrected chi connectivity index (χ2v) is 30.0. The van der Waals surface area contributed by atoms with E-state index < -0.39 is 16.1 Å². The third-order valence-corrected chi connectivity index (χ3v) is 24.0. The number of fused-ring (bicyclic) bond motifs is 24. The molecule has 0 fully saturated rings. The summed E-state index contributed by atoms with van der Waals surface area (Å²) in [6.07, 6.45) is 0. The average Bonchev–Trinajstić information content (AvgIpc) is 4.25. The van der Waals surface area contributed by atoms with Gasteiger partial charge in [-0.1, -0.05) is 172 Å². The quantitative estimate of drug-likeness (QED) is 0.162. The van der Waals surface area contributed by atoms with E-state index in [0.29, 0.717) is 0 Å². The van der Waals surface area contributed by atoms with Crippen LogP contribution < -0.4 is 20.7 Å². The van der Waals surface area contributed by atoms with Crippen molar-refractivity contribution >= 4 is 146 Å². The van der Waals surface area contributed by atoms with Crippen molar-refractivity contribution in [2.24, 2.45) is 0 Å². The predicted molar refractivity (Wildman–Crippen MR) is 306 cm³/mol. The third-order valence-electron chi connectivity index (χ3n) is 17.0. The largest absolute Gasteiger partial charge is 0.456 e. The van der Waals surface area contributed by atoms with Crippen molar-refractivity contribution in [3.63, 3.8) is 0 Å². The molecule has 0 bridgehead atoms. The Kier molecular flexibility index (Phi) is 7.26. The highest BCUT2D eigenvalue weighted by Crippen LogP contribution is 2.51. The number of hydrogen-bond acceptors (Lipinski definition) is 4. The standard InChI is InChI=1S/C66H42O4Si2/c1-71(2)55-34-48-56(33-47(55)62-57(71)32-46(65-64(62)42-24-12-16-28-52(42)69-65)44-30-54-60(38-20-8-6-18-36(38)44)40-22-10-14-26-50(40)68-54)72(3,4)58-31-45(61-41-23-11-15-27-51(41)70-66(61)63(48)58)43-29-53-59(37-19-7-5-17-35(37)43)39-21-9-13-25-49(39)67-53/h5-34H,1-4H3. The van der Waals surface area contributed by atoms with E-state index >= 15 is 0 Å². The van der Waals surface area contributed by atoms with Gasteiger partial charge in [0.2, 0.25) is 0 Å². The minimum atomic E-state index is -2.41. The van der Waals surface area contributed by atoms with Gasteiger partial charge in [0.1, 0.15) is 60.8 Å². The van der Waals surface area contributed by atoms with Gasteiger partial charge in [-0.3, -0.25) is 0 Å². The summed E-state index contributed by atoms with van der Waals surface area (Å²) in [6.45, 7) is 10.2. The van der Waals surface area contributed by atoms with E-state index in [2.05, 4.69) is 208 Å². The Hall–Kier alpha value is -8.43. The van der Waals surface area contributed by atoms with Crippen molar-refractivity contribution in [3.05, 3.63) is 182 Å². The zero-order valence-electron chi connectivity index (χ0n) is 40.0. The summed E-state index contributed by atoms with van der Waals surface area (Å²) in [5, 5.41) is 19.8. The van der Waals surface area contributed by atoms with Gasteiger partial charge in [-0.05, 0) is 112 Å². The molecule has 0 aliphatic carbocycles. The minimum absolute atomic E-state index is 0.889. The normalized spacial score (nSPS) is 14.6. The van der Waals surface area contributed by atoms with Crippen molar-refractivity contribution < 1.29 is 17.7 Å². The summed E-state index contributed by atoms with van der Waals surface area (Å²) < 4.78 is 27.7. The minimum Gasteiger partial charge on any atom is -0.456 e. The Bertz CT molecular complexity index is 5000. The number of para-hydroxylation sites is 4. The highest BCUT2D eigenvalue weighted by molar-refractivity contribution is 7.06. The first-order valence-electron chi connectivity index (χ1n) is 25.1. The topological polar surface area (TPSA) is 52.6 Å². The molecule has 15 aromatic rings. The van der Waals surface area contributed by atoms with E-state index in [9.17, 15) is 0 Å². The monoisotopic (exact) mass is 954 g/mol. The van der Waals surface area contributed by atoms with E-state index in [1.165, 1.54) is 81.1 Å². The first-order chi connectivity index (χ1) is 35.2. The lowest BCUT2D eigenvalue weighted by Gasteiger charge is -2.22. The van der Waals surface area contributed by atoms with Gasteiger partial charge in [0.25, 0.3) is 0 Å². The molecule has 0 amide bonds. The number of benzene rings is 11. The molecule has 2 aliphatic heterocycles. The van der Waals surface area contributed by atoms with Crippen molar-refractivity contribution in [2.45, 2.75) is 26.2 Å². The summed E-state index contributed by atoms with van der Waals surface area (Å²) in [5.74, 6) is 0. The van der Waals surface area contributed by atoms with Crippen molar-refractivity contribution in [2.75, 3.05) is 0 Å². The summed E-state index contributed by atoms with van der Waals surface area (Å²) in [4.78, 5) is 0. The van der Waals surface area contributed by atoms with Gasteiger partial charge in [0, 0.05) is 54.2 Å². The summed E-state index contributed by atoms with van der Waals surface area (Å²) in [7, 11) is -4.82. The van der Waals surface area contributed by atoms with Crippen LogP contribution in [0.5, 0.6) is 0 Å². The zero-order valence-corrected chi connectivity index (χ0v) is 42.0. The van der Waals surface area contributed by atoms with E-state index in [1.807, 2.05) is 0 Å². The lowest BCUT2D eigenvalue weighted by atomic mass is 9.89. The molecule has 0 N–H and O–H groups in total. The van der Waals surface area contributed by atoms with Crippen LogP contribution in [0.25, 0.3) is 154 Å². The molecule has 11 aromatic carbocycles. The molecule has 4 nitrogen and oxygen atoms in total. The highest BCUT2D eigenvalue weighted by atomic mass is 28.3. The van der Waals surface area contributed by atoms with Crippen LogP contribution in [-0.2, 0) is 0 Å². The maximum Gasteiger partial charge on any atom is 0.143 e. The molecular weight excluding hydrogens is 913 g/mol. The maximum atomic E-state index is 7.22. The Morgan fingerprint density at radius 3 is 1.14 bits per heavy atom. The second-order valence-electron chi connectivity index (χ2n) is 21.4. The van der Waals surface area contributed by atoms with Crippen LogP contribution >= 0.6 is 0 Å². The van der Waals surface area contributed by atoms with Crippen LogP contribution in [-0.4, -0.2) is 16.1 Å². The summed E-state index contributed by atoms with van der Waals surface area (Å²) in [6, 6.07) is 66.6. The maximum absolute atomic E-state index is 7.22. The average molecular weight is 955 g/mol. The first kappa shape index (κ1) is 39.3. The molecule has 0 unspecified atom stereocenters. The van der Waals surface area contributed by atoms with Crippen LogP contribution in [0.1, 0.15) is 0 Å².